The summed E-state index contributed by atoms with van der Waals surface area (Å²) in [6, 6.07) is -0.904. The van der Waals surface area contributed by atoms with Gasteiger partial charge in [-0.15, -0.1) is 0 Å². The van der Waals surface area contributed by atoms with Crippen LogP contribution >= 0.6 is 7.82 Å². The van der Waals surface area contributed by atoms with Crippen LogP contribution in [0.3, 0.4) is 0 Å². The number of unbranched alkanes of at least 4 members (excludes halogenated alkanes) is 37. The minimum absolute atomic E-state index is 0.00625. The van der Waals surface area contributed by atoms with Gasteiger partial charge in [-0.05, 0) is 70.6 Å². The number of nitrogens with zero attached hydrogens (tertiary/aromatic N) is 1. The lowest BCUT2D eigenvalue weighted by atomic mass is 10.0. The lowest BCUT2D eigenvalue weighted by Crippen LogP contribution is -2.45. The fourth-order valence-electron chi connectivity index (χ4n) is 9.24. The molecule has 0 radical (unpaired) electrons. The van der Waals surface area contributed by atoms with E-state index >= 15 is 0 Å². The first-order chi connectivity index (χ1) is 36.0. The summed E-state index contributed by atoms with van der Waals surface area (Å²) in [5.41, 5.74) is 0. The Morgan fingerprint density at radius 2 is 0.797 bits per heavy atom. The fourth-order valence-corrected chi connectivity index (χ4v) is 9.96. The molecule has 0 aromatic carbocycles. The molecular formula is C65H123N2O6P. The monoisotopic (exact) mass is 1060 g/mol. The second-order valence-corrected chi connectivity index (χ2v) is 24.2. The molecule has 434 valence electrons. The van der Waals surface area contributed by atoms with Crippen molar-refractivity contribution in [2.45, 2.75) is 309 Å². The molecule has 0 spiro atoms. The Hall–Kier alpha value is -1.80. The second-order valence-electron chi connectivity index (χ2n) is 22.8. The van der Waals surface area contributed by atoms with Crippen molar-refractivity contribution in [3.8, 4) is 0 Å². The summed E-state index contributed by atoms with van der Waals surface area (Å²) in [6.45, 7) is 4.64. The number of aliphatic hydroxyl groups excluding tert-OH is 1. The summed E-state index contributed by atoms with van der Waals surface area (Å²) in [6.07, 6.45) is 76.1. The minimum atomic E-state index is -4.61. The van der Waals surface area contributed by atoms with Gasteiger partial charge < -0.3 is 28.8 Å². The smallest absolute Gasteiger partial charge is 0.268 e. The van der Waals surface area contributed by atoms with Crippen molar-refractivity contribution in [1.29, 1.82) is 0 Å². The number of phosphoric ester groups is 1. The molecule has 1 amide bonds. The van der Waals surface area contributed by atoms with E-state index in [-0.39, 0.29) is 12.5 Å². The van der Waals surface area contributed by atoms with Gasteiger partial charge in [0.25, 0.3) is 7.82 Å². The molecule has 9 heteroatoms. The van der Waals surface area contributed by atoms with Gasteiger partial charge in [0, 0.05) is 6.42 Å². The van der Waals surface area contributed by atoms with Gasteiger partial charge in [0.2, 0.25) is 5.91 Å². The number of rotatable bonds is 58. The minimum Gasteiger partial charge on any atom is -0.756 e. The molecule has 2 N–H and O–H groups in total. The van der Waals surface area contributed by atoms with Crippen molar-refractivity contribution >= 4 is 13.7 Å². The van der Waals surface area contributed by atoms with E-state index in [0.717, 1.165) is 51.4 Å². The lowest BCUT2D eigenvalue weighted by Gasteiger charge is -2.29. The number of hydrogen-bond donors (Lipinski definition) is 2. The van der Waals surface area contributed by atoms with Crippen LogP contribution in [0.5, 0.6) is 0 Å². The molecular weight excluding hydrogens is 936 g/mol. The van der Waals surface area contributed by atoms with E-state index in [4.69, 9.17) is 9.05 Å². The molecule has 0 aliphatic carbocycles. The van der Waals surface area contributed by atoms with Crippen molar-refractivity contribution < 1.29 is 32.9 Å². The van der Waals surface area contributed by atoms with Crippen molar-refractivity contribution in [3.63, 3.8) is 0 Å². The predicted molar refractivity (Wildman–Crippen MR) is 321 cm³/mol. The lowest BCUT2D eigenvalue weighted by molar-refractivity contribution is -0.870. The molecule has 0 aliphatic heterocycles. The normalized spacial score (nSPS) is 14.2. The van der Waals surface area contributed by atoms with Crippen LogP contribution < -0.4 is 10.2 Å². The molecule has 0 fully saturated rings. The highest BCUT2D eigenvalue weighted by Crippen LogP contribution is 2.38. The molecule has 3 atom stereocenters. The van der Waals surface area contributed by atoms with E-state index in [1.807, 2.05) is 27.2 Å². The summed E-state index contributed by atoms with van der Waals surface area (Å²) < 4.78 is 23.4. The number of phosphoric acid groups is 1. The molecule has 0 saturated carbocycles. The van der Waals surface area contributed by atoms with E-state index in [2.05, 4.69) is 67.8 Å². The van der Waals surface area contributed by atoms with E-state index in [9.17, 15) is 19.4 Å². The molecule has 0 heterocycles. The average molecular weight is 1060 g/mol. The zero-order chi connectivity index (χ0) is 54.2. The van der Waals surface area contributed by atoms with Crippen LogP contribution in [-0.2, 0) is 18.4 Å². The number of carbonyl (C=O) groups is 1. The number of aliphatic hydroxyl groups is 1. The van der Waals surface area contributed by atoms with Crippen LogP contribution in [0.4, 0.5) is 0 Å². The standard InChI is InChI=1S/C65H123N2O6P/c1-6-8-10-12-14-16-18-20-22-24-25-26-27-28-29-30-31-32-33-34-35-36-37-38-39-40-41-43-45-47-49-51-53-55-57-59-65(69)66-63(62-73-74(70,71)72-61-60-67(3,4)5)64(68)58-56-54-52-50-48-46-44-42-23-21-19-17-15-13-11-9-7-2/h18,20,24-25,27-28,48,50,56,58,63-64,68H,6-17,19,21-23,26,29-47,49,51-55,57,59-62H2,1-5H3,(H-,66,69,70,71)/b20-18-,25-24-,28-27-,50-48+,58-56+. The SMILES string of the molecule is CCCCCCC/C=C\C/C=C\C/C=C\CCCCCCCCCCCCCCCCCCCCCCC(=O)NC(COP(=O)([O-])OCC[N+](C)(C)C)C(O)/C=C/CC/C=C/CCCCCCCCCCCCC. The Bertz CT molecular complexity index is 1390. The zero-order valence-electron chi connectivity index (χ0n) is 49.5. The van der Waals surface area contributed by atoms with Gasteiger partial charge in [0.15, 0.2) is 0 Å². The van der Waals surface area contributed by atoms with Gasteiger partial charge in [-0.1, -0.05) is 280 Å². The first-order valence-electron chi connectivity index (χ1n) is 31.7. The third-order valence-electron chi connectivity index (χ3n) is 14.2. The predicted octanol–water partition coefficient (Wildman–Crippen LogP) is 19.0. The molecule has 0 saturated heterocycles. The van der Waals surface area contributed by atoms with Crippen molar-refractivity contribution in [2.75, 3.05) is 40.9 Å². The highest BCUT2D eigenvalue weighted by atomic mass is 31.2. The Balaban J connectivity index is 4.04. The van der Waals surface area contributed by atoms with Crippen LogP contribution in [0.2, 0.25) is 0 Å². The number of nitrogens with one attached hydrogen (secondary N) is 1. The maximum atomic E-state index is 13.0. The number of hydrogen-bond acceptors (Lipinski definition) is 6. The highest BCUT2D eigenvalue weighted by Gasteiger charge is 2.23. The Morgan fingerprint density at radius 3 is 1.19 bits per heavy atom. The summed E-state index contributed by atoms with van der Waals surface area (Å²) in [4.78, 5) is 25.5. The number of allylic oxidation sites excluding steroid dienone is 9. The van der Waals surface area contributed by atoms with E-state index in [0.29, 0.717) is 17.4 Å². The van der Waals surface area contributed by atoms with E-state index in [1.165, 1.54) is 225 Å². The van der Waals surface area contributed by atoms with Gasteiger partial charge in [0.1, 0.15) is 13.2 Å². The van der Waals surface area contributed by atoms with E-state index < -0.39 is 26.6 Å². The molecule has 0 rings (SSSR count). The van der Waals surface area contributed by atoms with Gasteiger partial charge in [-0.25, -0.2) is 0 Å². The van der Waals surface area contributed by atoms with Gasteiger partial charge in [-0.3, -0.25) is 9.36 Å². The Morgan fingerprint density at radius 1 is 0.473 bits per heavy atom. The molecule has 0 aliphatic rings. The first kappa shape index (κ1) is 72.2. The maximum absolute atomic E-state index is 13.0. The molecule has 0 aromatic heterocycles. The molecule has 0 aromatic rings. The molecule has 0 bridgehead atoms. The van der Waals surface area contributed by atoms with Crippen LogP contribution in [0, 0.1) is 0 Å². The van der Waals surface area contributed by atoms with Gasteiger partial charge in [0.05, 0.1) is 39.9 Å². The van der Waals surface area contributed by atoms with Crippen LogP contribution in [0.15, 0.2) is 60.8 Å². The van der Waals surface area contributed by atoms with Crippen molar-refractivity contribution in [2.24, 2.45) is 0 Å². The van der Waals surface area contributed by atoms with Crippen LogP contribution in [0.1, 0.15) is 296 Å². The topological polar surface area (TPSA) is 108 Å². The van der Waals surface area contributed by atoms with Gasteiger partial charge >= 0.3 is 0 Å². The van der Waals surface area contributed by atoms with Crippen molar-refractivity contribution in [3.05, 3.63) is 60.8 Å². The summed E-state index contributed by atoms with van der Waals surface area (Å²) in [5, 5.41) is 13.9. The number of amides is 1. The zero-order valence-corrected chi connectivity index (χ0v) is 50.4. The average Bonchev–Trinajstić information content (AvgIpc) is 3.36. The molecule has 8 nitrogen and oxygen atoms in total. The third-order valence-corrected chi connectivity index (χ3v) is 15.2. The molecule has 3 unspecified atom stereocenters. The third kappa shape index (κ3) is 57.9. The maximum Gasteiger partial charge on any atom is 0.268 e. The van der Waals surface area contributed by atoms with Crippen molar-refractivity contribution in [1.82, 2.24) is 5.32 Å². The van der Waals surface area contributed by atoms with E-state index in [1.54, 1.807) is 6.08 Å². The highest BCUT2D eigenvalue weighted by molar-refractivity contribution is 7.45. The summed E-state index contributed by atoms with van der Waals surface area (Å²) >= 11 is 0. The quantitative estimate of drug-likeness (QED) is 0.0272. The van der Waals surface area contributed by atoms with Crippen LogP contribution in [-0.4, -0.2) is 68.5 Å². The Kier molecular flexibility index (Phi) is 54.6. The fraction of sp³-hybridized carbons (Fsp3) is 0.831. The number of likely N-dealkylation sites (N-methyl/N-ethyl adjacent to an activating group) is 1. The van der Waals surface area contributed by atoms with Gasteiger partial charge in [-0.2, -0.15) is 0 Å². The van der Waals surface area contributed by atoms with Crippen LogP contribution in [0.25, 0.3) is 0 Å². The largest absolute Gasteiger partial charge is 0.756 e. The Labute approximate surface area is 460 Å². The summed E-state index contributed by atoms with van der Waals surface area (Å²) in [7, 11) is 1.25. The molecule has 74 heavy (non-hydrogen) atoms. The number of carbonyl (C=O) groups excluding carboxylic acids is 1. The second kappa shape index (κ2) is 55.9. The first-order valence-corrected chi connectivity index (χ1v) is 33.1. The summed E-state index contributed by atoms with van der Waals surface area (Å²) in [5.74, 6) is -0.204. The number of quaternary nitrogens is 1.